The quantitative estimate of drug-likeness (QED) is 0.693. The molecule has 0 radical (unpaired) electrons. The van der Waals surface area contributed by atoms with Crippen molar-refractivity contribution in [3.63, 3.8) is 0 Å². The molecule has 1 saturated heterocycles. The fraction of sp³-hybridized carbons (Fsp3) is 0.300. The molecule has 0 bridgehead atoms. The third-order valence-corrected chi connectivity index (χ3v) is 6.77. The molecule has 2 aromatic heterocycles. The molecule has 1 fully saturated rings. The number of furan rings is 1. The monoisotopic (exact) mass is 384 g/mol. The highest BCUT2D eigenvalue weighted by Gasteiger charge is 2.33. The van der Waals surface area contributed by atoms with Crippen LogP contribution in [0.5, 0.6) is 0 Å². The molecule has 1 aliphatic rings. The number of carbonyl (C=O) groups is 1. The van der Waals surface area contributed by atoms with E-state index < -0.39 is 9.84 Å². The average Bonchev–Trinajstić information content (AvgIpc) is 3.24. The number of fused-ring (bicyclic) bond motifs is 1. The maximum atomic E-state index is 13.2. The lowest BCUT2D eigenvalue weighted by molar-refractivity contribution is 0.0749. The number of pyridine rings is 1. The molecule has 3 aromatic rings. The Hall–Kier alpha value is -2.67. The van der Waals surface area contributed by atoms with Crippen LogP contribution >= 0.6 is 0 Å². The minimum Gasteiger partial charge on any atom is -0.460 e. The lowest BCUT2D eigenvalue weighted by Crippen LogP contribution is -2.38. The van der Waals surface area contributed by atoms with Crippen LogP contribution < -0.4 is 0 Å². The highest BCUT2D eigenvalue weighted by atomic mass is 32.2. The molecule has 0 aliphatic carbocycles. The molecule has 0 unspecified atom stereocenters. The van der Waals surface area contributed by atoms with Gasteiger partial charge in [0.05, 0.1) is 22.6 Å². The van der Waals surface area contributed by atoms with E-state index in [1.807, 2.05) is 43.3 Å². The van der Waals surface area contributed by atoms with Gasteiger partial charge in [-0.25, -0.2) is 13.4 Å². The van der Waals surface area contributed by atoms with Crippen LogP contribution in [-0.4, -0.2) is 48.8 Å². The largest absolute Gasteiger partial charge is 0.460 e. The number of para-hydroxylation sites is 1. The molecule has 140 valence electrons. The van der Waals surface area contributed by atoms with Crippen molar-refractivity contribution in [2.75, 3.05) is 18.6 Å². The van der Waals surface area contributed by atoms with Crippen LogP contribution in [0.1, 0.15) is 22.5 Å². The zero-order valence-electron chi connectivity index (χ0n) is 15.2. The second kappa shape index (κ2) is 6.49. The third-order valence-electron chi connectivity index (χ3n) is 5.02. The van der Waals surface area contributed by atoms with Gasteiger partial charge in [0.2, 0.25) is 0 Å². The molecule has 1 atom stereocenters. The summed E-state index contributed by atoms with van der Waals surface area (Å²) in [6.07, 6.45) is 0.470. The average molecular weight is 384 g/mol. The van der Waals surface area contributed by atoms with Crippen LogP contribution in [0.2, 0.25) is 0 Å². The topological polar surface area (TPSA) is 80.5 Å². The number of aryl methyl sites for hydroxylation is 1. The van der Waals surface area contributed by atoms with Crippen LogP contribution in [0.4, 0.5) is 0 Å². The zero-order chi connectivity index (χ0) is 19.2. The summed E-state index contributed by atoms with van der Waals surface area (Å²) in [7, 11) is -1.40. The van der Waals surface area contributed by atoms with E-state index in [4.69, 9.17) is 4.42 Å². The summed E-state index contributed by atoms with van der Waals surface area (Å²) < 4.78 is 29.3. The van der Waals surface area contributed by atoms with Crippen molar-refractivity contribution >= 4 is 26.6 Å². The zero-order valence-corrected chi connectivity index (χ0v) is 16.0. The molecular weight excluding hydrogens is 364 g/mol. The molecular formula is C20H20N2O4S. The Morgan fingerprint density at radius 2 is 2.00 bits per heavy atom. The van der Waals surface area contributed by atoms with Gasteiger partial charge in [-0.3, -0.25) is 4.79 Å². The van der Waals surface area contributed by atoms with Crippen LogP contribution in [0, 0.1) is 6.92 Å². The number of rotatable bonds is 3. The molecule has 27 heavy (non-hydrogen) atoms. The predicted molar refractivity (Wildman–Crippen MR) is 103 cm³/mol. The van der Waals surface area contributed by atoms with Gasteiger partial charge >= 0.3 is 0 Å². The number of hydrogen-bond acceptors (Lipinski definition) is 5. The van der Waals surface area contributed by atoms with Gasteiger partial charge in [-0.1, -0.05) is 18.2 Å². The van der Waals surface area contributed by atoms with E-state index in [1.54, 1.807) is 18.0 Å². The van der Waals surface area contributed by atoms with E-state index in [0.29, 0.717) is 29.0 Å². The van der Waals surface area contributed by atoms with Crippen LogP contribution in [0.25, 0.3) is 22.4 Å². The van der Waals surface area contributed by atoms with Crippen molar-refractivity contribution in [2.45, 2.75) is 19.4 Å². The van der Waals surface area contributed by atoms with Gasteiger partial charge in [0.1, 0.15) is 11.5 Å². The standard InChI is InChI=1S/C20H20N2O4S/c1-13-7-8-19(26-13)18-11-16(15-5-3-4-6-17(15)21-18)20(23)22(2)14-9-10-27(24,25)12-14/h3-8,11,14H,9-10,12H2,1-2H3/t14-/m0/s1. The van der Waals surface area contributed by atoms with Crippen molar-refractivity contribution in [1.29, 1.82) is 0 Å². The molecule has 4 rings (SSSR count). The Morgan fingerprint density at radius 3 is 2.67 bits per heavy atom. The SMILES string of the molecule is Cc1ccc(-c2cc(C(=O)N(C)[C@H]3CCS(=O)(=O)C3)c3ccccc3n2)o1. The number of carbonyl (C=O) groups excluding carboxylic acids is 1. The summed E-state index contributed by atoms with van der Waals surface area (Å²) in [4.78, 5) is 19.4. The molecule has 1 aromatic carbocycles. The molecule has 6 nitrogen and oxygen atoms in total. The van der Waals surface area contributed by atoms with Crippen molar-refractivity contribution in [1.82, 2.24) is 9.88 Å². The summed E-state index contributed by atoms with van der Waals surface area (Å²) in [6, 6.07) is 12.5. The van der Waals surface area contributed by atoms with E-state index in [9.17, 15) is 13.2 Å². The smallest absolute Gasteiger partial charge is 0.254 e. The number of benzene rings is 1. The minimum absolute atomic E-state index is 0.0164. The number of amides is 1. The lowest BCUT2D eigenvalue weighted by Gasteiger charge is -2.24. The van der Waals surface area contributed by atoms with Crippen molar-refractivity contribution in [3.8, 4) is 11.5 Å². The van der Waals surface area contributed by atoms with E-state index in [-0.39, 0.29) is 23.5 Å². The summed E-state index contributed by atoms with van der Waals surface area (Å²) in [5.41, 5.74) is 1.77. The Morgan fingerprint density at radius 1 is 1.22 bits per heavy atom. The van der Waals surface area contributed by atoms with Gasteiger partial charge in [0, 0.05) is 18.5 Å². The minimum atomic E-state index is -3.07. The molecule has 7 heteroatoms. The molecule has 3 heterocycles. The van der Waals surface area contributed by atoms with Gasteiger partial charge in [0.25, 0.3) is 5.91 Å². The summed E-state index contributed by atoms with van der Waals surface area (Å²) in [6.45, 7) is 1.85. The first kappa shape index (κ1) is 17.7. The molecule has 0 spiro atoms. The van der Waals surface area contributed by atoms with Crippen molar-refractivity contribution in [2.24, 2.45) is 0 Å². The van der Waals surface area contributed by atoms with E-state index in [0.717, 1.165) is 11.1 Å². The van der Waals surface area contributed by atoms with E-state index in [1.165, 1.54) is 0 Å². The Labute approximate surface area is 157 Å². The summed E-state index contributed by atoms with van der Waals surface area (Å²) in [5, 5.41) is 0.738. The van der Waals surface area contributed by atoms with E-state index in [2.05, 4.69) is 4.98 Å². The summed E-state index contributed by atoms with van der Waals surface area (Å²) >= 11 is 0. The maximum Gasteiger partial charge on any atom is 0.254 e. The van der Waals surface area contributed by atoms with Gasteiger partial charge in [-0.15, -0.1) is 0 Å². The second-order valence-electron chi connectivity index (χ2n) is 6.96. The molecule has 0 N–H and O–H groups in total. The van der Waals surface area contributed by atoms with Gasteiger partial charge in [-0.05, 0) is 37.6 Å². The first-order valence-electron chi connectivity index (χ1n) is 8.78. The highest BCUT2D eigenvalue weighted by Crippen LogP contribution is 2.28. The lowest BCUT2D eigenvalue weighted by atomic mass is 10.0. The Balaban J connectivity index is 1.79. The van der Waals surface area contributed by atoms with Crippen LogP contribution in [-0.2, 0) is 9.84 Å². The first-order chi connectivity index (χ1) is 12.8. The number of nitrogens with zero attached hydrogens (tertiary/aromatic N) is 2. The van der Waals surface area contributed by atoms with Crippen LogP contribution in [0.15, 0.2) is 46.9 Å². The fourth-order valence-corrected chi connectivity index (χ4v) is 5.26. The van der Waals surface area contributed by atoms with Crippen molar-refractivity contribution in [3.05, 3.63) is 53.8 Å². The maximum absolute atomic E-state index is 13.2. The fourth-order valence-electron chi connectivity index (χ4n) is 3.49. The number of aromatic nitrogens is 1. The van der Waals surface area contributed by atoms with Gasteiger partial charge in [-0.2, -0.15) is 0 Å². The first-order valence-corrected chi connectivity index (χ1v) is 10.6. The molecule has 1 amide bonds. The van der Waals surface area contributed by atoms with Gasteiger partial charge < -0.3 is 9.32 Å². The second-order valence-corrected chi connectivity index (χ2v) is 9.18. The molecule has 1 aliphatic heterocycles. The Bertz CT molecular complexity index is 1130. The predicted octanol–water partition coefficient (Wildman–Crippen LogP) is 3.06. The highest BCUT2D eigenvalue weighted by molar-refractivity contribution is 7.91. The normalized spacial score (nSPS) is 18.7. The Kier molecular flexibility index (Phi) is 4.26. The van der Waals surface area contributed by atoms with Gasteiger partial charge in [0.15, 0.2) is 15.6 Å². The third kappa shape index (κ3) is 3.35. The molecule has 0 saturated carbocycles. The van der Waals surface area contributed by atoms with Crippen molar-refractivity contribution < 1.29 is 17.6 Å². The van der Waals surface area contributed by atoms with Crippen LogP contribution in [0.3, 0.4) is 0 Å². The number of hydrogen-bond donors (Lipinski definition) is 0. The van der Waals surface area contributed by atoms with E-state index >= 15 is 0 Å². The number of sulfone groups is 1. The summed E-state index contributed by atoms with van der Waals surface area (Å²) in [5.74, 6) is 1.30.